The summed E-state index contributed by atoms with van der Waals surface area (Å²) in [5.74, 6) is -0.525. The van der Waals surface area contributed by atoms with E-state index in [0.29, 0.717) is 10.7 Å². The molecular weight excluding hydrogens is 337 g/mol. The Hall–Kier alpha value is -2.65. The van der Waals surface area contributed by atoms with Crippen molar-refractivity contribution in [3.8, 4) is 6.07 Å². The van der Waals surface area contributed by atoms with Gasteiger partial charge in [-0.25, -0.2) is 4.39 Å². The first-order valence-corrected chi connectivity index (χ1v) is 8.59. The summed E-state index contributed by atoms with van der Waals surface area (Å²) in [6.45, 7) is 3.75. The molecule has 1 unspecified atom stereocenters. The highest BCUT2D eigenvalue weighted by Gasteiger charge is 2.43. The maximum atomic E-state index is 13.0. The first kappa shape index (κ1) is 17.2. The minimum absolute atomic E-state index is 0.108. The predicted molar refractivity (Wildman–Crippen MR) is 96.5 cm³/mol. The normalized spacial score (nSPS) is 20.7. The van der Waals surface area contributed by atoms with Crippen LogP contribution in [0.4, 0.5) is 4.39 Å². The molecule has 6 heteroatoms. The van der Waals surface area contributed by atoms with Crippen molar-refractivity contribution < 1.29 is 9.18 Å². The molecule has 0 saturated heterocycles. The summed E-state index contributed by atoms with van der Waals surface area (Å²) in [4.78, 5) is 16.6. The van der Waals surface area contributed by atoms with E-state index in [1.165, 1.54) is 23.9 Å². The van der Waals surface area contributed by atoms with Gasteiger partial charge in [0.05, 0.1) is 17.7 Å². The average Bonchev–Trinajstić information content (AvgIpc) is 2.90. The van der Waals surface area contributed by atoms with Crippen LogP contribution in [0.1, 0.15) is 36.6 Å². The summed E-state index contributed by atoms with van der Waals surface area (Å²) in [5, 5.41) is 12.6. The summed E-state index contributed by atoms with van der Waals surface area (Å²) in [5.41, 5.74) is 2.26. The van der Waals surface area contributed by atoms with E-state index >= 15 is 0 Å². The van der Waals surface area contributed by atoms with Crippen molar-refractivity contribution in [2.75, 3.05) is 0 Å². The highest BCUT2D eigenvalue weighted by atomic mass is 32.2. The minimum Gasteiger partial charge on any atom is -0.358 e. The number of benzene rings is 2. The molecule has 2 atom stereocenters. The summed E-state index contributed by atoms with van der Waals surface area (Å²) < 4.78 is 12.2. The van der Waals surface area contributed by atoms with Crippen molar-refractivity contribution in [1.82, 2.24) is 5.32 Å². The van der Waals surface area contributed by atoms with Crippen LogP contribution in [0.2, 0.25) is 0 Å². The molecule has 126 valence electrons. The van der Waals surface area contributed by atoms with Gasteiger partial charge >= 0.3 is 0 Å². The number of hydrogen-bond donors (Lipinski definition) is 1. The van der Waals surface area contributed by atoms with Crippen LogP contribution in [0.15, 0.2) is 53.5 Å². The first-order chi connectivity index (χ1) is 11.9. The van der Waals surface area contributed by atoms with Crippen LogP contribution in [0.5, 0.6) is 0 Å². The van der Waals surface area contributed by atoms with Gasteiger partial charge in [-0.15, -0.1) is 0 Å². The largest absolute Gasteiger partial charge is 0.358 e. The van der Waals surface area contributed by atoms with Crippen molar-refractivity contribution in [1.29, 1.82) is 5.26 Å². The Kier molecular flexibility index (Phi) is 4.60. The summed E-state index contributed by atoms with van der Waals surface area (Å²) >= 11 is 1.35. The Morgan fingerprint density at radius 1 is 1.20 bits per heavy atom. The fourth-order valence-corrected chi connectivity index (χ4v) is 3.72. The van der Waals surface area contributed by atoms with Gasteiger partial charge in [-0.05, 0) is 49.2 Å². The second-order valence-electron chi connectivity index (χ2n) is 5.96. The van der Waals surface area contributed by atoms with Crippen LogP contribution in [0, 0.1) is 17.1 Å². The molecule has 0 saturated carbocycles. The van der Waals surface area contributed by atoms with Crippen LogP contribution < -0.4 is 5.32 Å². The number of amidine groups is 1. The molecule has 2 aromatic rings. The molecule has 1 amide bonds. The lowest BCUT2D eigenvalue weighted by Gasteiger charge is -2.21. The number of halogens is 1. The molecule has 4 nitrogen and oxygen atoms in total. The van der Waals surface area contributed by atoms with Crippen molar-refractivity contribution in [3.63, 3.8) is 0 Å². The third-order valence-corrected chi connectivity index (χ3v) is 5.41. The molecule has 3 rings (SSSR count). The molecule has 0 aromatic heterocycles. The lowest BCUT2D eigenvalue weighted by Crippen LogP contribution is -2.26. The first-order valence-electron chi connectivity index (χ1n) is 7.77. The molecule has 25 heavy (non-hydrogen) atoms. The minimum atomic E-state index is -0.821. The number of hydrogen-bond acceptors (Lipinski definition) is 4. The zero-order chi connectivity index (χ0) is 18.0. The predicted octanol–water partition coefficient (Wildman–Crippen LogP) is 3.89. The number of rotatable bonds is 3. The molecule has 1 N–H and O–H groups in total. The molecule has 0 bridgehead atoms. The van der Waals surface area contributed by atoms with E-state index in [4.69, 9.17) is 5.26 Å². The van der Waals surface area contributed by atoms with Crippen LogP contribution >= 0.6 is 11.8 Å². The van der Waals surface area contributed by atoms with Gasteiger partial charge in [0.1, 0.15) is 10.6 Å². The van der Waals surface area contributed by atoms with E-state index in [1.807, 2.05) is 13.8 Å². The molecule has 1 heterocycles. The third kappa shape index (κ3) is 3.42. The molecule has 0 radical (unpaired) electrons. The highest BCUT2D eigenvalue weighted by molar-refractivity contribution is 8.15. The zero-order valence-electron chi connectivity index (χ0n) is 13.8. The van der Waals surface area contributed by atoms with Gasteiger partial charge in [0, 0.05) is 0 Å². The molecule has 2 aromatic carbocycles. The van der Waals surface area contributed by atoms with Crippen LogP contribution in [-0.2, 0) is 9.54 Å². The Bertz CT molecular complexity index is 871. The molecule has 0 fully saturated rings. The van der Waals surface area contributed by atoms with Gasteiger partial charge in [0.2, 0.25) is 0 Å². The number of carbonyl (C=O) groups is 1. The SMILES string of the molecule is C[C@H](NC1=NC(=O)C(C)(c2ccc(C#N)cc2)S1)c1ccc(F)cc1. The topological polar surface area (TPSA) is 65.2 Å². The second-order valence-corrected chi connectivity index (χ2v) is 7.37. The van der Waals surface area contributed by atoms with Gasteiger partial charge in [0.25, 0.3) is 5.91 Å². The van der Waals surface area contributed by atoms with E-state index in [9.17, 15) is 9.18 Å². The smallest absolute Gasteiger partial charge is 0.268 e. The fourth-order valence-electron chi connectivity index (χ4n) is 2.59. The molecule has 1 aliphatic rings. The molecular formula is C19H16FN3OS. The van der Waals surface area contributed by atoms with Gasteiger partial charge in [-0.1, -0.05) is 36.0 Å². The fraction of sp³-hybridized carbons (Fsp3) is 0.211. The average molecular weight is 353 g/mol. The number of nitrogens with zero attached hydrogens (tertiary/aromatic N) is 2. The highest BCUT2D eigenvalue weighted by Crippen LogP contribution is 2.42. The Morgan fingerprint density at radius 3 is 2.44 bits per heavy atom. The molecule has 1 aliphatic heterocycles. The lowest BCUT2D eigenvalue weighted by molar-refractivity contribution is -0.119. The van der Waals surface area contributed by atoms with Crippen LogP contribution in [-0.4, -0.2) is 11.1 Å². The Balaban J connectivity index is 1.75. The zero-order valence-corrected chi connectivity index (χ0v) is 14.6. The number of thioether (sulfide) groups is 1. The van der Waals surface area contributed by atoms with E-state index in [2.05, 4.69) is 16.4 Å². The van der Waals surface area contributed by atoms with Crippen molar-refractivity contribution in [2.45, 2.75) is 24.6 Å². The van der Waals surface area contributed by atoms with Gasteiger partial charge in [0.15, 0.2) is 5.17 Å². The number of carbonyl (C=O) groups excluding carboxylic acids is 1. The molecule has 0 spiro atoms. The van der Waals surface area contributed by atoms with E-state index in [-0.39, 0.29) is 17.8 Å². The number of amides is 1. The van der Waals surface area contributed by atoms with Crippen molar-refractivity contribution in [3.05, 3.63) is 71.0 Å². The van der Waals surface area contributed by atoms with Crippen LogP contribution in [0.3, 0.4) is 0 Å². The summed E-state index contributed by atoms with van der Waals surface area (Å²) in [7, 11) is 0. The standard InChI is InChI=1S/C19H16FN3OS/c1-12(14-5-9-16(20)10-6-14)22-18-23-17(24)19(2,25-18)15-7-3-13(11-21)4-8-15/h3-10,12H,1-2H3,(H,22,23,24)/t12-,19?/m0/s1. The Labute approximate surface area is 149 Å². The summed E-state index contributed by atoms with van der Waals surface area (Å²) in [6, 6.07) is 15.1. The quantitative estimate of drug-likeness (QED) is 0.909. The van der Waals surface area contributed by atoms with Crippen LogP contribution in [0.25, 0.3) is 0 Å². The maximum Gasteiger partial charge on any atom is 0.268 e. The van der Waals surface area contributed by atoms with Crippen molar-refractivity contribution in [2.24, 2.45) is 4.99 Å². The van der Waals surface area contributed by atoms with E-state index in [1.54, 1.807) is 36.4 Å². The maximum absolute atomic E-state index is 13.0. The van der Waals surface area contributed by atoms with Gasteiger partial charge in [-0.2, -0.15) is 10.3 Å². The number of nitrogens with one attached hydrogen (secondary N) is 1. The summed E-state index contributed by atoms with van der Waals surface area (Å²) in [6.07, 6.45) is 0. The van der Waals surface area contributed by atoms with Crippen molar-refractivity contribution >= 4 is 22.8 Å². The molecule has 0 aliphatic carbocycles. The lowest BCUT2D eigenvalue weighted by atomic mass is 9.98. The van der Waals surface area contributed by atoms with Gasteiger partial charge in [-0.3, -0.25) is 4.79 Å². The number of nitriles is 1. The second kappa shape index (κ2) is 6.69. The van der Waals surface area contributed by atoms with E-state index < -0.39 is 4.75 Å². The number of aliphatic imine (C=N–C) groups is 1. The van der Waals surface area contributed by atoms with Gasteiger partial charge < -0.3 is 5.32 Å². The van der Waals surface area contributed by atoms with E-state index in [0.717, 1.165) is 11.1 Å². The third-order valence-electron chi connectivity index (χ3n) is 4.19. The Morgan fingerprint density at radius 2 is 1.84 bits per heavy atom. The monoisotopic (exact) mass is 353 g/mol.